The first kappa shape index (κ1) is 22.3. The maximum atomic E-state index is 13.8. The van der Waals surface area contributed by atoms with Crippen molar-refractivity contribution in [1.82, 2.24) is 5.32 Å². The molecule has 1 aliphatic carbocycles. The third-order valence-electron chi connectivity index (χ3n) is 6.13. The number of nitrogens with zero attached hydrogens (tertiary/aromatic N) is 1. The van der Waals surface area contributed by atoms with E-state index in [2.05, 4.69) is 12.2 Å². The first-order chi connectivity index (χ1) is 15.7. The van der Waals surface area contributed by atoms with Gasteiger partial charge in [0, 0.05) is 16.6 Å². The van der Waals surface area contributed by atoms with Gasteiger partial charge in [-0.05, 0) is 47.9 Å². The standard InChI is InChI=1S/C27H30N2O2S/c1-2-20-11-6-9-17-24(20)29(25(30)19-23-16-10-18-32-23)26(21-12-4-3-5-13-21)27(31)28-22-14-7-8-15-22/h3-6,9-13,16-18,22,26H,2,7-8,14-15,19H2,1H3,(H,28,31)/t26-/m1/s1. The van der Waals surface area contributed by atoms with Gasteiger partial charge in [0.25, 0.3) is 0 Å². The van der Waals surface area contributed by atoms with Gasteiger partial charge in [-0.2, -0.15) is 0 Å². The fraction of sp³-hybridized carbons (Fsp3) is 0.333. The lowest BCUT2D eigenvalue weighted by atomic mass is 10.00. The van der Waals surface area contributed by atoms with Crippen LogP contribution < -0.4 is 10.2 Å². The Morgan fingerprint density at radius 1 is 1.00 bits per heavy atom. The molecule has 0 radical (unpaired) electrons. The van der Waals surface area contributed by atoms with E-state index < -0.39 is 6.04 Å². The van der Waals surface area contributed by atoms with Crippen LogP contribution in [0.2, 0.25) is 0 Å². The zero-order chi connectivity index (χ0) is 22.3. The van der Waals surface area contributed by atoms with E-state index in [4.69, 9.17) is 0 Å². The summed E-state index contributed by atoms with van der Waals surface area (Å²) in [5.41, 5.74) is 2.70. The van der Waals surface area contributed by atoms with E-state index in [1.807, 2.05) is 72.1 Å². The van der Waals surface area contributed by atoms with Gasteiger partial charge in [0.05, 0.1) is 6.42 Å². The summed E-state index contributed by atoms with van der Waals surface area (Å²) in [6.07, 6.45) is 5.34. The molecule has 5 heteroatoms. The van der Waals surface area contributed by atoms with Gasteiger partial charge in [-0.25, -0.2) is 0 Å². The lowest BCUT2D eigenvalue weighted by molar-refractivity contribution is -0.127. The van der Waals surface area contributed by atoms with Gasteiger partial charge in [0.2, 0.25) is 11.8 Å². The number of carbonyl (C=O) groups excluding carboxylic acids is 2. The number of rotatable bonds is 8. The van der Waals surface area contributed by atoms with Gasteiger partial charge in [-0.15, -0.1) is 11.3 Å². The molecule has 0 bridgehead atoms. The number of thiophene rings is 1. The number of anilines is 1. The number of hydrogen-bond donors (Lipinski definition) is 1. The number of para-hydroxylation sites is 1. The number of hydrogen-bond acceptors (Lipinski definition) is 3. The molecule has 3 aromatic rings. The summed E-state index contributed by atoms with van der Waals surface area (Å²) in [4.78, 5) is 30.2. The number of nitrogens with one attached hydrogen (secondary N) is 1. The molecule has 32 heavy (non-hydrogen) atoms. The van der Waals surface area contributed by atoms with Crippen molar-refractivity contribution in [3.63, 3.8) is 0 Å². The molecule has 1 fully saturated rings. The zero-order valence-corrected chi connectivity index (χ0v) is 19.3. The monoisotopic (exact) mass is 446 g/mol. The second-order valence-electron chi connectivity index (χ2n) is 8.31. The van der Waals surface area contributed by atoms with Gasteiger partial charge in [0.1, 0.15) is 6.04 Å². The van der Waals surface area contributed by atoms with E-state index in [9.17, 15) is 9.59 Å². The molecule has 0 unspecified atom stereocenters. The first-order valence-electron chi connectivity index (χ1n) is 11.4. The Morgan fingerprint density at radius 3 is 2.41 bits per heavy atom. The highest BCUT2D eigenvalue weighted by molar-refractivity contribution is 7.10. The van der Waals surface area contributed by atoms with E-state index >= 15 is 0 Å². The second kappa shape index (κ2) is 10.6. The minimum atomic E-state index is -0.711. The highest BCUT2D eigenvalue weighted by atomic mass is 32.1. The highest BCUT2D eigenvalue weighted by Crippen LogP contribution is 2.32. The molecule has 1 saturated carbocycles. The van der Waals surface area contributed by atoms with Gasteiger partial charge >= 0.3 is 0 Å². The fourth-order valence-electron chi connectivity index (χ4n) is 4.51. The summed E-state index contributed by atoms with van der Waals surface area (Å²) in [5.74, 6) is -0.169. The fourth-order valence-corrected chi connectivity index (χ4v) is 5.21. The summed E-state index contributed by atoms with van der Waals surface area (Å²) in [5, 5.41) is 5.23. The molecule has 1 heterocycles. The smallest absolute Gasteiger partial charge is 0.248 e. The first-order valence-corrected chi connectivity index (χ1v) is 12.3. The Bertz CT molecular complexity index is 1030. The average Bonchev–Trinajstić information content (AvgIpc) is 3.52. The van der Waals surface area contributed by atoms with E-state index in [0.29, 0.717) is 0 Å². The van der Waals surface area contributed by atoms with Crippen LogP contribution in [0.1, 0.15) is 54.7 Å². The Balaban J connectivity index is 1.77. The molecule has 166 valence electrons. The van der Waals surface area contributed by atoms with Crippen LogP contribution in [-0.4, -0.2) is 17.9 Å². The summed E-state index contributed by atoms with van der Waals surface area (Å²) in [7, 11) is 0. The molecule has 1 N–H and O–H groups in total. The van der Waals surface area contributed by atoms with E-state index in [-0.39, 0.29) is 24.3 Å². The van der Waals surface area contributed by atoms with E-state index in [0.717, 1.165) is 53.8 Å². The van der Waals surface area contributed by atoms with Crippen molar-refractivity contribution in [3.05, 3.63) is 88.1 Å². The predicted molar refractivity (Wildman–Crippen MR) is 131 cm³/mol. The van der Waals surface area contributed by atoms with Crippen LogP contribution in [0, 0.1) is 0 Å². The van der Waals surface area contributed by atoms with Crippen LogP contribution in [0.25, 0.3) is 0 Å². The molecule has 0 spiro atoms. The molecule has 1 aromatic heterocycles. The Labute approximate surface area is 194 Å². The molecular weight excluding hydrogens is 416 g/mol. The normalized spacial score (nSPS) is 14.8. The van der Waals surface area contributed by atoms with Gasteiger partial charge in [-0.3, -0.25) is 14.5 Å². The average molecular weight is 447 g/mol. The molecule has 4 nitrogen and oxygen atoms in total. The van der Waals surface area contributed by atoms with Crippen molar-refractivity contribution in [1.29, 1.82) is 0 Å². The number of benzene rings is 2. The minimum absolute atomic E-state index is 0.0659. The molecule has 2 amide bonds. The topological polar surface area (TPSA) is 49.4 Å². The number of aryl methyl sites for hydroxylation is 1. The minimum Gasteiger partial charge on any atom is -0.351 e. The molecule has 0 saturated heterocycles. The van der Waals surface area contributed by atoms with Crippen LogP contribution in [0.3, 0.4) is 0 Å². The lowest BCUT2D eigenvalue weighted by Gasteiger charge is -2.33. The van der Waals surface area contributed by atoms with Crippen molar-refractivity contribution in [2.24, 2.45) is 0 Å². The van der Waals surface area contributed by atoms with Crippen molar-refractivity contribution in [2.75, 3.05) is 4.90 Å². The quantitative estimate of drug-likeness (QED) is 0.483. The van der Waals surface area contributed by atoms with Gasteiger partial charge in [0.15, 0.2) is 0 Å². The van der Waals surface area contributed by atoms with Crippen LogP contribution >= 0.6 is 11.3 Å². The second-order valence-corrected chi connectivity index (χ2v) is 9.34. The number of carbonyl (C=O) groups is 2. The third-order valence-corrected chi connectivity index (χ3v) is 7.01. The zero-order valence-electron chi connectivity index (χ0n) is 18.5. The van der Waals surface area contributed by atoms with E-state index in [1.54, 1.807) is 16.2 Å². The third kappa shape index (κ3) is 5.10. The summed E-state index contributed by atoms with van der Waals surface area (Å²) < 4.78 is 0. The molecule has 1 atom stereocenters. The van der Waals surface area contributed by atoms with Crippen molar-refractivity contribution < 1.29 is 9.59 Å². The molecule has 1 aliphatic rings. The highest BCUT2D eigenvalue weighted by Gasteiger charge is 2.35. The summed E-state index contributed by atoms with van der Waals surface area (Å²) >= 11 is 1.57. The molecule has 0 aliphatic heterocycles. The van der Waals surface area contributed by atoms with Crippen molar-refractivity contribution >= 4 is 28.8 Å². The Kier molecular flexibility index (Phi) is 7.38. The van der Waals surface area contributed by atoms with Crippen molar-refractivity contribution in [3.8, 4) is 0 Å². The maximum absolute atomic E-state index is 13.8. The van der Waals surface area contributed by atoms with E-state index in [1.165, 1.54) is 0 Å². The van der Waals surface area contributed by atoms with Crippen molar-refractivity contribution in [2.45, 2.75) is 57.5 Å². The SMILES string of the molecule is CCc1ccccc1N(C(=O)Cc1cccs1)[C@@H](C(=O)NC1CCCC1)c1ccccc1. The Morgan fingerprint density at radius 2 is 1.72 bits per heavy atom. The number of amides is 2. The van der Waals surface area contributed by atoms with Crippen LogP contribution in [0.5, 0.6) is 0 Å². The van der Waals surface area contributed by atoms with Crippen LogP contribution in [0.4, 0.5) is 5.69 Å². The summed E-state index contributed by atoms with van der Waals surface area (Å²) in [6.45, 7) is 2.08. The molecule has 2 aromatic carbocycles. The van der Waals surface area contributed by atoms with Gasteiger partial charge < -0.3 is 5.32 Å². The molecular formula is C27H30N2O2S. The molecule has 4 rings (SSSR count). The van der Waals surface area contributed by atoms with Gasteiger partial charge in [-0.1, -0.05) is 74.4 Å². The summed E-state index contributed by atoms with van der Waals surface area (Å²) in [6, 6.07) is 21.0. The predicted octanol–water partition coefficient (Wildman–Crippen LogP) is 5.69. The Hall–Kier alpha value is -2.92. The largest absolute Gasteiger partial charge is 0.351 e. The van der Waals surface area contributed by atoms with Crippen LogP contribution in [0.15, 0.2) is 72.1 Å². The maximum Gasteiger partial charge on any atom is 0.248 e. The lowest BCUT2D eigenvalue weighted by Crippen LogP contribution is -2.47. The van der Waals surface area contributed by atoms with Crippen LogP contribution in [-0.2, 0) is 22.4 Å².